The van der Waals surface area contributed by atoms with Crippen LogP contribution >= 0.6 is 27.3 Å². The zero-order chi connectivity index (χ0) is 13.0. The number of carbonyl (C=O) groups is 1. The summed E-state index contributed by atoms with van der Waals surface area (Å²) < 4.78 is 0.919. The quantitative estimate of drug-likeness (QED) is 0.919. The van der Waals surface area contributed by atoms with Gasteiger partial charge < -0.3 is 10.2 Å². The molecule has 0 aliphatic carbocycles. The van der Waals surface area contributed by atoms with Gasteiger partial charge in [-0.3, -0.25) is 4.79 Å². The first kappa shape index (κ1) is 14.0. The van der Waals surface area contributed by atoms with Gasteiger partial charge in [0.05, 0.1) is 0 Å². The van der Waals surface area contributed by atoms with Crippen LogP contribution < -0.4 is 5.32 Å². The summed E-state index contributed by atoms with van der Waals surface area (Å²) in [5, 5.41) is 5.35. The van der Waals surface area contributed by atoms with Gasteiger partial charge in [0, 0.05) is 23.6 Å². The van der Waals surface area contributed by atoms with Crippen molar-refractivity contribution in [3.8, 4) is 0 Å². The van der Waals surface area contributed by atoms with Crippen molar-refractivity contribution in [1.29, 1.82) is 0 Å². The standard InChI is InChI=1S/C13H19BrN2OS/c1-2-7-16(10-4-3-6-15-9-10)13(17)12-11(14)5-8-18-12/h5,8,10,15H,2-4,6-7,9H2,1H3. The number of hydrogen-bond acceptors (Lipinski definition) is 3. The second-order valence-electron chi connectivity index (χ2n) is 4.60. The van der Waals surface area contributed by atoms with Gasteiger partial charge in [0.1, 0.15) is 4.88 Å². The molecule has 3 nitrogen and oxygen atoms in total. The number of amides is 1. The molecule has 2 rings (SSSR count). The first-order valence-electron chi connectivity index (χ1n) is 6.48. The number of halogens is 1. The van der Waals surface area contributed by atoms with Gasteiger partial charge in [-0.1, -0.05) is 6.92 Å². The van der Waals surface area contributed by atoms with E-state index in [2.05, 4.69) is 28.2 Å². The third-order valence-corrected chi connectivity index (χ3v) is 5.07. The first-order valence-corrected chi connectivity index (χ1v) is 8.16. The molecule has 0 bridgehead atoms. The van der Waals surface area contributed by atoms with Gasteiger partial charge in [-0.05, 0) is 53.2 Å². The van der Waals surface area contributed by atoms with Crippen molar-refractivity contribution in [2.45, 2.75) is 32.2 Å². The Balaban J connectivity index is 2.13. The molecular formula is C13H19BrN2OS. The van der Waals surface area contributed by atoms with Crippen molar-refractivity contribution in [2.75, 3.05) is 19.6 Å². The van der Waals surface area contributed by atoms with Crippen LogP contribution in [0.5, 0.6) is 0 Å². The zero-order valence-corrected chi connectivity index (χ0v) is 13.0. The molecule has 1 saturated heterocycles. The van der Waals surface area contributed by atoms with Crippen LogP contribution in [-0.4, -0.2) is 36.5 Å². The van der Waals surface area contributed by atoms with Gasteiger partial charge in [-0.15, -0.1) is 11.3 Å². The summed E-state index contributed by atoms with van der Waals surface area (Å²) in [6.45, 7) is 4.97. The molecule has 1 fully saturated rings. The van der Waals surface area contributed by atoms with E-state index in [-0.39, 0.29) is 5.91 Å². The van der Waals surface area contributed by atoms with E-state index in [1.807, 2.05) is 16.3 Å². The van der Waals surface area contributed by atoms with E-state index >= 15 is 0 Å². The van der Waals surface area contributed by atoms with Gasteiger partial charge in [0.25, 0.3) is 5.91 Å². The Labute approximate surface area is 121 Å². The minimum Gasteiger partial charge on any atom is -0.334 e. The average Bonchev–Trinajstić information content (AvgIpc) is 2.82. The highest BCUT2D eigenvalue weighted by atomic mass is 79.9. The van der Waals surface area contributed by atoms with Crippen LogP contribution in [0.4, 0.5) is 0 Å². The van der Waals surface area contributed by atoms with Crippen LogP contribution in [0.3, 0.4) is 0 Å². The fourth-order valence-electron chi connectivity index (χ4n) is 2.37. The summed E-state index contributed by atoms with van der Waals surface area (Å²) in [5.41, 5.74) is 0. The van der Waals surface area contributed by atoms with E-state index in [0.717, 1.165) is 48.2 Å². The molecule has 5 heteroatoms. The Morgan fingerprint density at radius 1 is 1.67 bits per heavy atom. The summed E-state index contributed by atoms with van der Waals surface area (Å²) in [6.07, 6.45) is 3.27. The van der Waals surface area contributed by atoms with Gasteiger partial charge >= 0.3 is 0 Å². The van der Waals surface area contributed by atoms with Gasteiger partial charge in [0.15, 0.2) is 0 Å². The maximum atomic E-state index is 12.6. The van der Waals surface area contributed by atoms with Crippen LogP contribution in [0.15, 0.2) is 15.9 Å². The van der Waals surface area contributed by atoms with E-state index in [1.54, 1.807) is 0 Å². The third-order valence-electron chi connectivity index (χ3n) is 3.25. The number of rotatable bonds is 4. The van der Waals surface area contributed by atoms with Gasteiger partial charge in [-0.25, -0.2) is 0 Å². The molecule has 1 aromatic rings. The van der Waals surface area contributed by atoms with Crippen LogP contribution in [0.25, 0.3) is 0 Å². The Bertz CT molecular complexity index is 401. The van der Waals surface area contributed by atoms with Crippen molar-refractivity contribution < 1.29 is 4.79 Å². The SMILES string of the molecule is CCCN(C(=O)c1sccc1Br)C1CCCNC1. The average molecular weight is 331 g/mol. The Kier molecular flexibility index (Phi) is 5.21. The predicted octanol–water partition coefficient (Wildman–Crippen LogP) is 3.11. The van der Waals surface area contributed by atoms with Crippen LogP contribution in [0.2, 0.25) is 0 Å². The molecule has 1 amide bonds. The number of hydrogen-bond donors (Lipinski definition) is 1. The molecular weight excluding hydrogens is 312 g/mol. The molecule has 18 heavy (non-hydrogen) atoms. The highest BCUT2D eigenvalue weighted by Crippen LogP contribution is 2.26. The number of carbonyl (C=O) groups excluding carboxylic acids is 1. The first-order chi connectivity index (χ1) is 8.74. The van der Waals surface area contributed by atoms with Crippen LogP contribution in [0.1, 0.15) is 35.9 Å². The minimum atomic E-state index is 0.174. The zero-order valence-electron chi connectivity index (χ0n) is 10.6. The van der Waals surface area contributed by atoms with E-state index in [1.165, 1.54) is 11.3 Å². The summed E-state index contributed by atoms with van der Waals surface area (Å²) in [4.78, 5) is 15.5. The maximum Gasteiger partial charge on any atom is 0.265 e. The number of thiophene rings is 1. The van der Waals surface area contributed by atoms with Crippen LogP contribution in [0, 0.1) is 0 Å². The molecule has 0 spiro atoms. The van der Waals surface area contributed by atoms with Crippen molar-refractivity contribution >= 4 is 33.2 Å². The lowest BCUT2D eigenvalue weighted by Gasteiger charge is -2.34. The molecule has 2 heterocycles. The number of piperidine rings is 1. The lowest BCUT2D eigenvalue weighted by Crippen LogP contribution is -2.48. The molecule has 1 atom stereocenters. The normalized spacial score (nSPS) is 19.8. The molecule has 1 unspecified atom stereocenters. The molecule has 1 aromatic heterocycles. The van der Waals surface area contributed by atoms with Crippen molar-refractivity contribution in [1.82, 2.24) is 10.2 Å². The maximum absolute atomic E-state index is 12.6. The van der Waals surface area contributed by atoms with Gasteiger partial charge in [0.2, 0.25) is 0 Å². The fourth-order valence-corrected chi connectivity index (χ4v) is 3.86. The Morgan fingerprint density at radius 3 is 3.06 bits per heavy atom. The van der Waals surface area contributed by atoms with E-state index in [9.17, 15) is 4.79 Å². The molecule has 1 N–H and O–H groups in total. The molecule has 100 valence electrons. The van der Waals surface area contributed by atoms with Gasteiger partial charge in [-0.2, -0.15) is 0 Å². The topological polar surface area (TPSA) is 32.3 Å². The lowest BCUT2D eigenvalue weighted by atomic mass is 10.1. The Morgan fingerprint density at radius 2 is 2.50 bits per heavy atom. The Hall–Kier alpha value is -0.390. The van der Waals surface area contributed by atoms with Crippen LogP contribution in [-0.2, 0) is 0 Å². The monoisotopic (exact) mass is 330 g/mol. The number of nitrogens with zero attached hydrogens (tertiary/aromatic N) is 1. The predicted molar refractivity (Wildman–Crippen MR) is 79.2 cm³/mol. The van der Waals surface area contributed by atoms with Crippen molar-refractivity contribution in [3.63, 3.8) is 0 Å². The second kappa shape index (κ2) is 6.68. The number of nitrogens with one attached hydrogen (secondary N) is 1. The third kappa shape index (κ3) is 3.13. The lowest BCUT2D eigenvalue weighted by molar-refractivity contribution is 0.0653. The fraction of sp³-hybridized carbons (Fsp3) is 0.615. The van der Waals surface area contributed by atoms with E-state index < -0.39 is 0 Å². The molecule has 0 saturated carbocycles. The minimum absolute atomic E-state index is 0.174. The van der Waals surface area contributed by atoms with E-state index in [0.29, 0.717) is 6.04 Å². The summed E-state index contributed by atoms with van der Waals surface area (Å²) in [5.74, 6) is 0.174. The van der Waals surface area contributed by atoms with Crippen molar-refractivity contribution in [3.05, 3.63) is 20.8 Å². The summed E-state index contributed by atoms with van der Waals surface area (Å²) in [6, 6.07) is 2.29. The highest BCUT2D eigenvalue weighted by Gasteiger charge is 2.27. The smallest absolute Gasteiger partial charge is 0.265 e. The molecule has 0 aromatic carbocycles. The molecule has 1 aliphatic heterocycles. The molecule has 0 radical (unpaired) electrons. The summed E-state index contributed by atoms with van der Waals surface area (Å²) in [7, 11) is 0. The van der Waals surface area contributed by atoms with Crippen molar-refractivity contribution in [2.24, 2.45) is 0 Å². The second-order valence-corrected chi connectivity index (χ2v) is 6.37. The largest absolute Gasteiger partial charge is 0.334 e. The summed E-state index contributed by atoms with van der Waals surface area (Å²) >= 11 is 4.97. The van der Waals surface area contributed by atoms with E-state index in [4.69, 9.17) is 0 Å². The molecule has 1 aliphatic rings. The highest BCUT2D eigenvalue weighted by molar-refractivity contribution is 9.10.